The summed E-state index contributed by atoms with van der Waals surface area (Å²) in [6.07, 6.45) is -4.61. The number of carbonyl (C=O) groups is 1. The molecule has 0 bridgehead atoms. The van der Waals surface area contributed by atoms with Gasteiger partial charge in [-0.2, -0.15) is 13.2 Å². The van der Waals surface area contributed by atoms with Crippen LogP contribution in [0.5, 0.6) is 5.75 Å². The monoisotopic (exact) mass is 252 g/mol. The minimum Gasteiger partial charge on any atom is -0.494 e. The van der Waals surface area contributed by atoms with Gasteiger partial charge in [-0.1, -0.05) is 11.6 Å². The Hall–Kier alpha value is -1.23. The largest absolute Gasteiger partial charge is 0.494 e. The lowest BCUT2D eigenvalue weighted by atomic mass is 10.0. The van der Waals surface area contributed by atoms with Crippen molar-refractivity contribution in [2.45, 2.75) is 13.1 Å². The number of halogens is 4. The van der Waals surface area contributed by atoms with Crippen molar-refractivity contribution < 1.29 is 22.7 Å². The fourth-order valence-corrected chi connectivity index (χ4v) is 1.58. The molecule has 1 rings (SSSR count). The third kappa shape index (κ3) is 2.29. The van der Waals surface area contributed by atoms with Crippen molar-refractivity contribution in [1.29, 1.82) is 0 Å². The van der Waals surface area contributed by atoms with E-state index in [1.54, 1.807) is 0 Å². The summed E-state index contributed by atoms with van der Waals surface area (Å²) in [6, 6.07) is 1.82. The Kier molecular flexibility index (Phi) is 3.48. The Bertz CT molecular complexity index is 427. The normalized spacial score (nSPS) is 11.4. The van der Waals surface area contributed by atoms with Crippen LogP contribution in [0.15, 0.2) is 12.1 Å². The van der Waals surface area contributed by atoms with Crippen LogP contribution in [0.3, 0.4) is 0 Å². The number of methoxy groups -OCH3 is 1. The molecule has 0 aliphatic heterocycles. The lowest BCUT2D eigenvalue weighted by Gasteiger charge is -2.15. The molecule has 2 nitrogen and oxygen atoms in total. The van der Waals surface area contributed by atoms with Crippen molar-refractivity contribution in [2.24, 2.45) is 0 Å². The SMILES string of the molecule is COc1c(Cl)ccc(C(F)(F)F)c1C(C)=O. The van der Waals surface area contributed by atoms with Crippen LogP contribution in [-0.2, 0) is 6.18 Å². The lowest BCUT2D eigenvalue weighted by Crippen LogP contribution is -2.13. The summed E-state index contributed by atoms with van der Waals surface area (Å²) >= 11 is 5.65. The summed E-state index contributed by atoms with van der Waals surface area (Å²) in [5.41, 5.74) is -1.58. The first kappa shape index (κ1) is 12.8. The molecule has 1 aromatic carbocycles. The number of benzene rings is 1. The van der Waals surface area contributed by atoms with Gasteiger partial charge < -0.3 is 4.74 Å². The zero-order valence-electron chi connectivity index (χ0n) is 8.48. The molecule has 0 unspecified atom stereocenters. The third-order valence-corrected chi connectivity index (χ3v) is 2.27. The van der Waals surface area contributed by atoms with Gasteiger partial charge in [-0.15, -0.1) is 0 Å². The number of Topliss-reactive ketones (excluding diaryl/α,β-unsaturated/α-hetero) is 1. The van der Waals surface area contributed by atoms with Gasteiger partial charge in [-0.05, 0) is 19.1 Å². The van der Waals surface area contributed by atoms with Crippen LogP contribution in [0.25, 0.3) is 0 Å². The molecule has 6 heteroatoms. The van der Waals surface area contributed by atoms with Crippen LogP contribution in [0.1, 0.15) is 22.8 Å². The fraction of sp³-hybridized carbons (Fsp3) is 0.300. The molecule has 88 valence electrons. The molecule has 0 heterocycles. The number of carbonyl (C=O) groups excluding carboxylic acids is 1. The van der Waals surface area contributed by atoms with Gasteiger partial charge in [0.2, 0.25) is 0 Å². The van der Waals surface area contributed by atoms with E-state index in [1.165, 1.54) is 0 Å². The molecule has 0 aliphatic rings. The number of ether oxygens (including phenoxy) is 1. The van der Waals surface area contributed by atoms with E-state index in [9.17, 15) is 18.0 Å². The van der Waals surface area contributed by atoms with Crippen molar-refractivity contribution in [2.75, 3.05) is 7.11 Å². The van der Waals surface area contributed by atoms with E-state index < -0.39 is 23.1 Å². The van der Waals surface area contributed by atoms with Gasteiger partial charge in [0, 0.05) is 0 Å². The summed E-state index contributed by atoms with van der Waals surface area (Å²) < 4.78 is 42.5. The molecule has 0 aromatic heterocycles. The molecule has 0 spiro atoms. The van der Waals surface area contributed by atoms with Crippen LogP contribution in [0.2, 0.25) is 5.02 Å². The van der Waals surface area contributed by atoms with Gasteiger partial charge in [0.05, 0.1) is 23.3 Å². The average molecular weight is 253 g/mol. The molecular formula is C10H8ClF3O2. The highest BCUT2D eigenvalue weighted by Gasteiger charge is 2.36. The second-order valence-electron chi connectivity index (χ2n) is 3.06. The number of rotatable bonds is 2. The van der Waals surface area contributed by atoms with E-state index in [-0.39, 0.29) is 10.8 Å². The van der Waals surface area contributed by atoms with Gasteiger partial charge in [0.1, 0.15) is 5.75 Å². The maximum absolute atomic E-state index is 12.6. The molecule has 0 aliphatic carbocycles. The van der Waals surface area contributed by atoms with Crippen molar-refractivity contribution in [3.8, 4) is 5.75 Å². The number of hydrogen-bond donors (Lipinski definition) is 0. The number of ketones is 1. The lowest BCUT2D eigenvalue weighted by molar-refractivity contribution is -0.138. The highest BCUT2D eigenvalue weighted by molar-refractivity contribution is 6.32. The van der Waals surface area contributed by atoms with Gasteiger partial charge in [0.15, 0.2) is 5.78 Å². The molecule has 0 atom stereocenters. The summed E-state index contributed by atoms with van der Waals surface area (Å²) in [6.45, 7) is 1.03. The van der Waals surface area contributed by atoms with Gasteiger partial charge in [-0.25, -0.2) is 0 Å². The van der Waals surface area contributed by atoms with Gasteiger partial charge >= 0.3 is 6.18 Å². The van der Waals surface area contributed by atoms with Crippen LogP contribution < -0.4 is 4.74 Å². The Labute approximate surface area is 95.0 Å². The predicted octanol–water partition coefficient (Wildman–Crippen LogP) is 3.57. The summed E-state index contributed by atoms with van der Waals surface area (Å²) in [7, 11) is 1.16. The van der Waals surface area contributed by atoms with Gasteiger partial charge in [-0.3, -0.25) is 4.79 Å². The van der Waals surface area contributed by atoms with Crippen molar-refractivity contribution in [3.05, 3.63) is 28.3 Å². The molecule has 0 saturated heterocycles. The van der Waals surface area contributed by atoms with E-state index in [0.717, 1.165) is 26.2 Å². The Balaban J connectivity index is 3.58. The Morgan fingerprint density at radius 3 is 2.31 bits per heavy atom. The van der Waals surface area contributed by atoms with E-state index >= 15 is 0 Å². The first-order valence-corrected chi connectivity index (χ1v) is 4.61. The zero-order valence-corrected chi connectivity index (χ0v) is 9.24. The topological polar surface area (TPSA) is 26.3 Å². The minimum atomic E-state index is -4.61. The van der Waals surface area contributed by atoms with Crippen LogP contribution in [0.4, 0.5) is 13.2 Å². The third-order valence-electron chi connectivity index (χ3n) is 1.97. The minimum absolute atomic E-state index is 0.0271. The van der Waals surface area contributed by atoms with Gasteiger partial charge in [0.25, 0.3) is 0 Å². The standard InChI is InChI=1S/C10H8ClF3O2/c1-5(15)8-6(10(12,13)14)3-4-7(11)9(8)16-2/h3-4H,1-2H3. The number of hydrogen-bond acceptors (Lipinski definition) is 2. The van der Waals surface area contributed by atoms with Crippen molar-refractivity contribution in [1.82, 2.24) is 0 Å². The Morgan fingerprint density at radius 1 is 1.38 bits per heavy atom. The fourth-order valence-electron chi connectivity index (χ4n) is 1.34. The molecule has 0 saturated carbocycles. The second-order valence-corrected chi connectivity index (χ2v) is 3.46. The van der Waals surface area contributed by atoms with E-state index in [2.05, 4.69) is 0 Å². The average Bonchev–Trinajstić information content (AvgIpc) is 2.14. The Morgan fingerprint density at radius 2 is 1.94 bits per heavy atom. The summed E-state index contributed by atoms with van der Waals surface area (Å²) in [4.78, 5) is 11.2. The van der Waals surface area contributed by atoms with Crippen molar-refractivity contribution >= 4 is 17.4 Å². The molecular weight excluding hydrogens is 245 g/mol. The molecule has 1 aromatic rings. The van der Waals surface area contributed by atoms with E-state index in [1.807, 2.05) is 0 Å². The smallest absolute Gasteiger partial charge is 0.417 e. The quantitative estimate of drug-likeness (QED) is 0.752. The van der Waals surface area contributed by atoms with Crippen LogP contribution in [0, 0.1) is 0 Å². The molecule has 16 heavy (non-hydrogen) atoms. The zero-order chi connectivity index (χ0) is 12.5. The molecule has 0 fully saturated rings. The predicted molar refractivity (Wildman–Crippen MR) is 53.0 cm³/mol. The van der Waals surface area contributed by atoms with E-state index in [0.29, 0.717) is 0 Å². The highest BCUT2D eigenvalue weighted by atomic mass is 35.5. The molecule has 0 amide bonds. The maximum atomic E-state index is 12.6. The van der Waals surface area contributed by atoms with E-state index in [4.69, 9.17) is 16.3 Å². The maximum Gasteiger partial charge on any atom is 0.417 e. The summed E-state index contributed by atoms with van der Waals surface area (Å²) in [5, 5.41) is -0.0271. The highest BCUT2D eigenvalue weighted by Crippen LogP contribution is 2.39. The molecule has 0 radical (unpaired) electrons. The first-order valence-electron chi connectivity index (χ1n) is 4.23. The number of alkyl halides is 3. The van der Waals surface area contributed by atoms with Crippen molar-refractivity contribution in [3.63, 3.8) is 0 Å². The molecule has 0 N–H and O–H groups in total. The second kappa shape index (κ2) is 4.33. The van der Waals surface area contributed by atoms with Crippen LogP contribution in [-0.4, -0.2) is 12.9 Å². The summed E-state index contributed by atoms with van der Waals surface area (Å²) in [5.74, 6) is -0.990. The van der Waals surface area contributed by atoms with Crippen LogP contribution >= 0.6 is 11.6 Å². The first-order chi connectivity index (χ1) is 7.29.